The molecule has 0 fully saturated rings. The van der Waals surface area contributed by atoms with E-state index < -0.39 is 11.5 Å². The van der Waals surface area contributed by atoms with Gasteiger partial charge >= 0.3 is 5.97 Å². The van der Waals surface area contributed by atoms with Crippen LogP contribution in [0.2, 0.25) is 0 Å². The first-order chi connectivity index (χ1) is 15.6. The lowest BCUT2D eigenvalue weighted by Gasteiger charge is -2.24. The van der Waals surface area contributed by atoms with Gasteiger partial charge in [-0.2, -0.15) is 0 Å². The summed E-state index contributed by atoms with van der Waals surface area (Å²) in [5, 5.41) is 9.65. The van der Waals surface area contributed by atoms with Crippen molar-refractivity contribution in [2.45, 2.75) is 180 Å². The normalized spacial score (nSPS) is 13.3. The molecule has 3 N–H and O–H groups in total. The van der Waals surface area contributed by atoms with Gasteiger partial charge in [0.15, 0.2) is 0 Å². The van der Waals surface area contributed by atoms with Crippen molar-refractivity contribution in [1.29, 1.82) is 0 Å². The van der Waals surface area contributed by atoms with E-state index >= 15 is 0 Å². The molecule has 0 rings (SSSR count). The molecule has 1 atom stereocenters. The third-order valence-electron chi connectivity index (χ3n) is 7.13. The predicted octanol–water partition coefficient (Wildman–Crippen LogP) is 9.56. The van der Waals surface area contributed by atoms with E-state index in [1.807, 2.05) is 0 Å². The van der Waals surface area contributed by atoms with E-state index in [1.165, 1.54) is 122 Å². The average molecular weight is 454 g/mol. The molecule has 0 saturated heterocycles. The third kappa shape index (κ3) is 20.1. The number of unbranched alkanes of at least 4 members (excludes halogenated alkanes) is 21. The standard InChI is InChI=1S/C29H59NO2/c1-3-5-7-9-11-13-15-17-19-21-23-25-27-29(30,28(31)32)26-24-22-20-18-16-14-12-10-8-6-4-2/h3-27,30H2,1-2H3,(H,31,32). The van der Waals surface area contributed by atoms with E-state index in [9.17, 15) is 9.90 Å². The van der Waals surface area contributed by atoms with Crippen molar-refractivity contribution in [1.82, 2.24) is 0 Å². The van der Waals surface area contributed by atoms with Crippen LogP contribution in [0.1, 0.15) is 174 Å². The van der Waals surface area contributed by atoms with Gasteiger partial charge in [-0.05, 0) is 12.8 Å². The van der Waals surface area contributed by atoms with E-state index in [4.69, 9.17) is 5.73 Å². The number of carboxylic acid groups (broad SMARTS) is 1. The lowest BCUT2D eigenvalue weighted by atomic mass is 9.87. The molecule has 0 saturated carbocycles. The van der Waals surface area contributed by atoms with Crippen LogP contribution in [0.4, 0.5) is 0 Å². The zero-order valence-corrected chi connectivity index (χ0v) is 22.1. The average Bonchev–Trinajstić information content (AvgIpc) is 2.78. The first-order valence-electron chi connectivity index (χ1n) is 14.6. The summed E-state index contributed by atoms with van der Waals surface area (Å²) in [5.74, 6) is -0.798. The van der Waals surface area contributed by atoms with Crippen molar-refractivity contribution in [2.24, 2.45) is 5.73 Å². The molecule has 3 nitrogen and oxygen atoms in total. The number of carbonyl (C=O) groups is 1. The summed E-state index contributed by atoms with van der Waals surface area (Å²) in [4.78, 5) is 11.7. The SMILES string of the molecule is CCCCCCCCCCCCCCC(N)(CCCCCCCCCCCCC)C(=O)O. The Hall–Kier alpha value is -0.570. The predicted molar refractivity (Wildman–Crippen MR) is 141 cm³/mol. The van der Waals surface area contributed by atoms with E-state index in [-0.39, 0.29) is 0 Å². The number of carboxylic acids is 1. The maximum Gasteiger partial charge on any atom is 0.323 e. The van der Waals surface area contributed by atoms with Crippen LogP contribution in [-0.2, 0) is 4.79 Å². The highest BCUT2D eigenvalue weighted by atomic mass is 16.4. The number of rotatable bonds is 26. The first-order valence-corrected chi connectivity index (χ1v) is 14.6. The summed E-state index contributed by atoms with van der Waals surface area (Å²) in [7, 11) is 0. The van der Waals surface area contributed by atoms with Crippen LogP contribution in [0.3, 0.4) is 0 Å². The molecule has 192 valence electrons. The molecule has 0 aliphatic rings. The lowest BCUT2D eigenvalue weighted by Crippen LogP contribution is -2.47. The number of nitrogens with two attached hydrogens (primary N) is 1. The number of hydrogen-bond donors (Lipinski definition) is 2. The van der Waals surface area contributed by atoms with Crippen LogP contribution >= 0.6 is 0 Å². The van der Waals surface area contributed by atoms with Crippen LogP contribution in [0.15, 0.2) is 0 Å². The second-order valence-electron chi connectivity index (χ2n) is 10.4. The van der Waals surface area contributed by atoms with Gasteiger partial charge in [0.05, 0.1) is 0 Å². The minimum absolute atomic E-state index is 0.636. The van der Waals surface area contributed by atoms with Gasteiger partial charge in [0, 0.05) is 0 Å². The van der Waals surface area contributed by atoms with Crippen molar-refractivity contribution < 1.29 is 9.90 Å². The molecule has 0 aliphatic carbocycles. The quantitative estimate of drug-likeness (QED) is 0.128. The fraction of sp³-hybridized carbons (Fsp3) is 0.966. The smallest absolute Gasteiger partial charge is 0.323 e. The number of hydrogen-bond acceptors (Lipinski definition) is 2. The summed E-state index contributed by atoms with van der Waals surface area (Å²) >= 11 is 0. The maximum atomic E-state index is 11.7. The van der Waals surface area contributed by atoms with Gasteiger partial charge in [0.25, 0.3) is 0 Å². The Balaban J connectivity index is 3.61. The van der Waals surface area contributed by atoms with Crippen molar-refractivity contribution in [3.63, 3.8) is 0 Å². The Kier molecular flexibility index (Phi) is 23.2. The molecule has 0 amide bonds. The molecule has 0 aromatic rings. The van der Waals surface area contributed by atoms with Crippen molar-refractivity contribution >= 4 is 5.97 Å². The second-order valence-corrected chi connectivity index (χ2v) is 10.4. The van der Waals surface area contributed by atoms with Crippen molar-refractivity contribution in [2.75, 3.05) is 0 Å². The zero-order chi connectivity index (χ0) is 23.8. The van der Waals surface area contributed by atoms with Crippen LogP contribution in [-0.4, -0.2) is 16.6 Å². The van der Waals surface area contributed by atoms with Gasteiger partial charge in [-0.25, -0.2) is 0 Å². The van der Waals surface area contributed by atoms with E-state index in [0.717, 1.165) is 25.7 Å². The van der Waals surface area contributed by atoms with Gasteiger partial charge < -0.3 is 10.8 Å². The Morgan fingerprint density at radius 1 is 0.500 bits per heavy atom. The molecule has 0 radical (unpaired) electrons. The highest BCUT2D eigenvalue weighted by Gasteiger charge is 2.32. The molecule has 0 aromatic carbocycles. The fourth-order valence-corrected chi connectivity index (χ4v) is 4.72. The van der Waals surface area contributed by atoms with Gasteiger partial charge in [-0.15, -0.1) is 0 Å². The van der Waals surface area contributed by atoms with Crippen LogP contribution in [0, 0.1) is 0 Å². The first kappa shape index (κ1) is 31.4. The largest absolute Gasteiger partial charge is 0.480 e. The zero-order valence-electron chi connectivity index (χ0n) is 22.1. The molecule has 0 heterocycles. The Bertz CT molecular complexity index is 399. The Morgan fingerprint density at radius 2 is 0.719 bits per heavy atom. The molecule has 3 heteroatoms. The molecule has 0 aliphatic heterocycles. The summed E-state index contributed by atoms with van der Waals surface area (Å²) < 4.78 is 0. The highest BCUT2D eigenvalue weighted by Crippen LogP contribution is 2.22. The third-order valence-corrected chi connectivity index (χ3v) is 7.13. The molecule has 1 unspecified atom stereocenters. The highest BCUT2D eigenvalue weighted by molar-refractivity contribution is 5.78. The maximum absolute atomic E-state index is 11.7. The Morgan fingerprint density at radius 3 is 0.938 bits per heavy atom. The van der Waals surface area contributed by atoms with Crippen LogP contribution in [0.25, 0.3) is 0 Å². The van der Waals surface area contributed by atoms with Gasteiger partial charge in [-0.3, -0.25) is 4.79 Å². The summed E-state index contributed by atoms with van der Waals surface area (Å²) in [5.41, 5.74) is 5.29. The summed E-state index contributed by atoms with van der Waals surface area (Å²) in [6.45, 7) is 4.53. The van der Waals surface area contributed by atoms with E-state index in [0.29, 0.717) is 12.8 Å². The topological polar surface area (TPSA) is 63.3 Å². The lowest BCUT2D eigenvalue weighted by molar-refractivity contribution is -0.144. The Labute approximate surface area is 201 Å². The summed E-state index contributed by atoms with van der Waals surface area (Å²) in [6, 6.07) is 0. The van der Waals surface area contributed by atoms with Crippen LogP contribution < -0.4 is 5.73 Å². The summed E-state index contributed by atoms with van der Waals surface area (Å²) in [6.07, 6.45) is 31.0. The van der Waals surface area contributed by atoms with Crippen molar-refractivity contribution in [3.05, 3.63) is 0 Å². The fourth-order valence-electron chi connectivity index (χ4n) is 4.72. The van der Waals surface area contributed by atoms with E-state index in [2.05, 4.69) is 13.8 Å². The molecule has 32 heavy (non-hydrogen) atoms. The van der Waals surface area contributed by atoms with Gasteiger partial charge in [0.1, 0.15) is 5.54 Å². The monoisotopic (exact) mass is 453 g/mol. The number of aliphatic carboxylic acids is 1. The van der Waals surface area contributed by atoms with Crippen molar-refractivity contribution in [3.8, 4) is 0 Å². The minimum atomic E-state index is -1.00. The molecular formula is C29H59NO2. The minimum Gasteiger partial charge on any atom is -0.480 e. The molecule has 0 bridgehead atoms. The molecular weight excluding hydrogens is 394 g/mol. The van der Waals surface area contributed by atoms with Gasteiger partial charge in [0.2, 0.25) is 0 Å². The van der Waals surface area contributed by atoms with E-state index in [1.54, 1.807) is 0 Å². The van der Waals surface area contributed by atoms with Crippen LogP contribution in [0.5, 0.6) is 0 Å². The second kappa shape index (κ2) is 23.6. The van der Waals surface area contributed by atoms with Gasteiger partial charge in [-0.1, -0.05) is 162 Å². The molecule has 0 aromatic heterocycles. The molecule has 0 spiro atoms.